The van der Waals surface area contributed by atoms with Gasteiger partial charge < -0.3 is 10.3 Å². The molecular weight excluding hydrogens is 303 g/mol. The predicted molar refractivity (Wildman–Crippen MR) is 76.0 cm³/mol. The molecule has 0 aromatic carbocycles. The Kier molecular flexibility index (Phi) is 4.33. The molecule has 0 spiro atoms. The van der Waals surface area contributed by atoms with Crippen LogP contribution in [0.5, 0.6) is 0 Å². The molecule has 5 nitrogen and oxygen atoms in total. The molecule has 0 aliphatic carbocycles. The summed E-state index contributed by atoms with van der Waals surface area (Å²) in [7, 11) is 1.67. The van der Waals surface area contributed by atoms with E-state index in [2.05, 4.69) is 15.4 Å². The first-order valence-corrected chi connectivity index (χ1v) is 6.90. The molecule has 0 aliphatic heterocycles. The van der Waals surface area contributed by atoms with Gasteiger partial charge in [0.15, 0.2) is 0 Å². The maximum Gasteiger partial charge on any atom is 0.451 e. The average molecular weight is 317 g/mol. The van der Waals surface area contributed by atoms with Gasteiger partial charge in [-0.25, -0.2) is 15.8 Å². The molecule has 2 rings (SSSR count). The van der Waals surface area contributed by atoms with Crippen molar-refractivity contribution in [2.45, 2.75) is 19.1 Å². The number of aromatic nitrogens is 2. The van der Waals surface area contributed by atoms with Crippen LogP contribution in [0.3, 0.4) is 0 Å². The number of nitrogens with zero attached hydrogens (tertiary/aromatic N) is 3. The molecule has 114 valence electrons. The number of hydrogen-bond donors (Lipinski definition) is 2. The molecule has 0 fully saturated rings. The molecule has 0 amide bonds. The van der Waals surface area contributed by atoms with E-state index in [-0.39, 0.29) is 17.7 Å². The summed E-state index contributed by atoms with van der Waals surface area (Å²) >= 11 is 1.53. The number of nitrogen functional groups attached to an aromatic ring is 1. The first-order chi connectivity index (χ1) is 9.82. The Hall–Kier alpha value is -1.87. The number of anilines is 2. The summed E-state index contributed by atoms with van der Waals surface area (Å²) in [6.45, 7) is 1.89. The molecule has 2 aromatic rings. The molecule has 2 aromatic heterocycles. The van der Waals surface area contributed by atoms with Gasteiger partial charge >= 0.3 is 6.18 Å². The minimum Gasteiger partial charge on any atom is -0.352 e. The van der Waals surface area contributed by atoms with Crippen molar-refractivity contribution in [1.82, 2.24) is 9.97 Å². The largest absolute Gasteiger partial charge is 0.451 e. The first kappa shape index (κ1) is 15.5. The van der Waals surface area contributed by atoms with Crippen LogP contribution >= 0.6 is 11.3 Å². The minimum atomic E-state index is -4.63. The first-order valence-electron chi connectivity index (χ1n) is 6.02. The Bertz CT molecular complexity index is 599. The van der Waals surface area contributed by atoms with Crippen molar-refractivity contribution in [2.24, 2.45) is 5.84 Å². The van der Waals surface area contributed by atoms with E-state index in [4.69, 9.17) is 5.84 Å². The molecule has 0 saturated carbocycles. The van der Waals surface area contributed by atoms with Crippen molar-refractivity contribution in [3.05, 3.63) is 34.3 Å². The SMILES string of the molecule is CC(c1cccs1)N(C)c1cc(NN)nc(C(F)(F)F)n1. The minimum absolute atomic E-state index is 0.0856. The zero-order valence-corrected chi connectivity index (χ0v) is 12.2. The maximum absolute atomic E-state index is 12.8. The van der Waals surface area contributed by atoms with E-state index in [0.717, 1.165) is 4.88 Å². The van der Waals surface area contributed by atoms with Gasteiger partial charge in [0.25, 0.3) is 0 Å². The molecule has 21 heavy (non-hydrogen) atoms. The van der Waals surface area contributed by atoms with Gasteiger partial charge in [-0.3, -0.25) is 0 Å². The van der Waals surface area contributed by atoms with Crippen LogP contribution in [0.4, 0.5) is 24.8 Å². The molecule has 3 N–H and O–H groups in total. The summed E-state index contributed by atoms with van der Waals surface area (Å²) in [6.07, 6.45) is -4.63. The highest BCUT2D eigenvalue weighted by Crippen LogP contribution is 2.32. The summed E-state index contributed by atoms with van der Waals surface area (Å²) in [4.78, 5) is 9.58. The second kappa shape index (κ2) is 5.86. The second-order valence-electron chi connectivity index (χ2n) is 4.38. The van der Waals surface area contributed by atoms with Crippen molar-refractivity contribution in [1.29, 1.82) is 0 Å². The highest BCUT2D eigenvalue weighted by Gasteiger charge is 2.36. The van der Waals surface area contributed by atoms with Crippen LogP contribution in [-0.4, -0.2) is 17.0 Å². The van der Waals surface area contributed by atoms with Gasteiger partial charge in [-0.2, -0.15) is 13.2 Å². The van der Waals surface area contributed by atoms with Crippen molar-refractivity contribution in [3.8, 4) is 0 Å². The van der Waals surface area contributed by atoms with Gasteiger partial charge in [0.2, 0.25) is 5.82 Å². The van der Waals surface area contributed by atoms with Crippen LogP contribution in [0.25, 0.3) is 0 Å². The fourth-order valence-electron chi connectivity index (χ4n) is 1.73. The van der Waals surface area contributed by atoms with E-state index in [1.807, 2.05) is 24.4 Å². The van der Waals surface area contributed by atoms with Gasteiger partial charge in [-0.1, -0.05) is 6.07 Å². The molecule has 0 radical (unpaired) electrons. The van der Waals surface area contributed by atoms with Crippen LogP contribution in [0.15, 0.2) is 23.6 Å². The molecule has 0 saturated heterocycles. The number of alkyl halides is 3. The standard InChI is InChI=1S/C12H14F3N5S/c1-7(8-4-3-5-21-8)20(2)10-6-9(19-16)17-11(18-10)12(13,14)15/h3-7H,16H2,1-2H3,(H,17,18,19). The van der Waals surface area contributed by atoms with Gasteiger partial charge in [0, 0.05) is 18.0 Å². The Labute approximate surface area is 123 Å². The zero-order valence-electron chi connectivity index (χ0n) is 11.3. The van der Waals surface area contributed by atoms with Crippen molar-refractivity contribution >= 4 is 23.0 Å². The summed E-state index contributed by atoms with van der Waals surface area (Å²) in [5, 5.41) is 1.91. The zero-order chi connectivity index (χ0) is 15.6. The third kappa shape index (κ3) is 3.42. The summed E-state index contributed by atoms with van der Waals surface area (Å²) < 4.78 is 38.4. The van der Waals surface area contributed by atoms with Crippen molar-refractivity contribution < 1.29 is 13.2 Å². The molecular formula is C12H14F3N5S. The summed E-state index contributed by atoms with van der Waals surface area (Å²) in [5.74, 6) is 4.01. The molecule has 1 atom stereocenters. The van der Waals surface area contributed by atoms with Gasteiger partial charge in [0.1, 0.15) is 11.6 Å². The lowest BCUT2D eigenvalue weighted by molar-refractivity contribution is -0.144. The number of nitrogens with two attached hydrogens (primary N) is 1. The Balaban J connectivity index is 2.38. The molecule has 1 unspecified atom stereocenters. The Morgan fingerprint density at radius 1 is 1.38 bits per heavy atom. The quantitative estimate of drug-likeness (QED) is 0.670. The molecule has 2 heterocycles. The van der Waals surface area contributed by atoms with Gasteiger partial charge in [0.05, 0.1) is 6.04 Å². The Morgan fingerprint density at radius 3 is 2.62 bits per heavy atom. The lowest BCUT2D eigenvalue weighted by atomic mass is 10.2. The number of nitrogens with one attached hydrogen (secondary N) is 1. The third-order valence-electron chi connectivity index (χ3n) is 3.01. The van der Waals surface area contributed by atoms with Crippen LogP contribution in [0, 0.1) is 0 Å². The number of halogens is 3. The summed E-state index contributed by atoms with van der Waals surface area (Å²) in [5.41, 5.74) is 2.13. The molecule has 0 bridgehead atoms. The van der Waals surface area contributed by atoms with Crippen LogP contribution in [-0.2, 0) is 6.18 Å². The average Bonchev–Trinajstić information content (AvgIpc) is 2.98. The lowest BCUT2D eigenvalue weighted by Gasteiger charge is -2.26. The number of rotatable bonds is 4. The second-order valence-corrected chi connectivity index (χ2v) is 5.36. The van der Waals surface area contributed by atoms with Gasteiger partial charge in [-0.15, -0.1) is 11.3 Å². The topological polar surface area (TPSA) is 67.1 Å². The van der Waals surface area contributed by atoms with E-state index in [9.17, 15) is 13.2 Å². The van der Waals surface area contributed by atoms with E-state index in [1.54, 1.807) is 11.9 Å². The molecule has 9 heteroatoms. The monoisotopic (exact) mass is 317 g/mol. The van der Waals surface area contributed by atoms with Crippen LogP contribution < -0.4 is 16.2 Å². The predicted octanol–water partition coefficient (Wildman–Crippen LogP) is 3.04. The van der Waals surface area contributed by atoms with E-state index in [0.29, 0.717) is 0 Å². The van der Waals surface area contributed by atoms with Gasteiger partial charge in [-0.05, 0) is 18.4 Å². The van der Waals surface area contributed by atoms with E-state index in [1.165, 1.54) is 17.4 Å². The maximum atomic E-state index is 12.8. The van der Waals surface area contributed by atoms with Crippen LogP contribution in [0.2, 0.25) is 0 Å². The van der Waals surface area contributed by atoms with Crippen molar-refractivity contribution in [2.75, 3.05) is 17.4 Å². The number of hydrazine groups is 1. The fraction of sp³-hybridized carbons (Fsp3) is 0.333. The highest BCUT2D eigenvalue weighted by atomic mass is 32.1. The summed E-state index contributed by atoms with van der Waals surface area (Å²) in [6, 6.07) is 5.06. The van der Waals surface area contributed by atoms with Crippen molar-refractivity contribution in [3.63, 3.8) is 0 Å². The highest BCUT2D eigenvalue weighted by molar-refractivity contribution is 7.10. The number of thiophene rings is 1. The smallest absolute Gasteiger partial charge is 0.352 e. The van der Waals surface area contributed by atoms with Crippen LogP contribution in [0.1, 0.15) is 23.7 Å². The molecule has 0 aliphatic rings. The third-order valence-corrected chi connectivity index (χ3v) is 4.05. The normalized spacial score (nSPS) is 13.0. The lowest BCUT2D eigenvalue weighted by Crippen LogP contribution is -2.25. The fourth-order valence-corrected chi connectivity index (χ4v) is 2.56. The van der Waals surface area contributed by atoms with E-state index < -0.39 is 12.0 Å². The van der Waals surface area contributed by atoms with E-state index >= 15 is 0 Å². The Morgan fingerprint density at radius 2 is 2.10 bits per heavy atom. The number of hydrogen-bond acceptors (Lipinski definition) is 6.